The number of aromatic nitrogens is 1. The van der Waals surface area contributed by atoms with Gasteiger partial charge in [0.05, 0.1) is 22.3 Å². The minimum Gasteiger partial charge on any atom is -0.457 e. The number of benzene rings is 2. The van der Waals surface area contributed by atoms with Crippen LogP contribution in [0.15, 0.2) is 65.6 Å². The van der Waals surface area contributed by atoms with E-state index in [1.807, 2.05) is 41.5 Å². The molecule has 0 bridgehead atoms. The number of ether oxygens (including phenoxy) is 1. The molecule has 0 radical (unpaired) electrons. The molecule has 2 aromatic carbocycles. The highest BCUT2D eigenvalue weighted by atomic mass is 31.2. The molecule has 3 aromatic rings. The molecule has 41 heavy (non-hydrogen) atoms. The molecule has 0 unspecified atom stereocenters. The van der Waals surface area contributed by atoms with Crippen LogP contribution in [0, 0.1) is 5.82 Å². The predicted octanol–water partition coefficient (Wildman–Crippen LogP) is 7.88. The summed E-state index contributed by atoms with van der Waals surface area (Å²) in [5.74, 6) is -1.59. The number of anilines is 1. The van der Waals surface area contributed by atoms with E-state index < -0.39 is 54.4 Å². The van der Waals surface area contributed by atoms with Crippen molar-refractivity contribution in [1.82, 2.24) is 4.57 Å². The molecular weight excluding hydrogens is 567 g/mol. The maximum Gasteiger partial charge on any atom is 0.416 e. The third-order valence-electron chi connectivity index (χ3n) is 4.85. The number of pyridine rings is 1. The van der Waals surface area contributed by atoms with Gasteiger partial charge >= 0.3 is 14.8 Å². The van der Waals surface area contributed by atoms with Crippen LogP contribution in [0.2, 0.25) is 0 Å². The molecule has 0 aliphatic carbocycles. The van der Waals surface area contributed by atoms with Gasteiger partial charge in [0, 0.05) is 18.0 Å². The van der Waals surface area contributed by atoms with Crippen molar-refractivity contribution in [3.05, 3.63) is 88.1 Å². The van der Waals surface area contributed by atoms with Gasteiger partial charge in [0.15, 0.2) is 0 Å². The van der Waals surface area contributed by atoms with E-state index >= 15 is 0 Å². The second-order valence-corrected chi connectivity index (χ2v) is 11.9. The lowest BCUT2D eigenvalue weighted by atomic mass is 10.1. The molecule has 0 saturated carbocycles. The van der Waals surface area contributed by atoms with E-state index in [9.17, 15) is 27.2 Å². The molecule has 13 heteroatoms. The first kappa shape index (κ1) is 32.2. The van der Waals surface area contributed by atoms with Gasteiger partial charge in [-0.2, -0.15) is 13.2 Å². The lowest BCUT2D eigenvalue weighted by Gasteiger charge is -2.30. The molecule has 3 rings (SSSR count). The van der Waals surface area contributed by atoms with Gasteiger partial charge < -0.3 is 19.1 Å². The van der Waals surface area contributed by atoms with E-state index in [1.165, 1.54) is 29.0 Å². The first-order chi connectivity index (χ1) is 18.9. The highest BCUT2D eigenvalue weighted by Gasteiger charge is 2.32. The number of rotatable bonds is 9. The number of nitrogens with one attached hydrogen (secondary N) is 1. The smallest absolute Gasteiger partial charge is 0.416 e. The second kappa shape index (κ2) is 12.7. The van der Waals surface area contributed by atoms with Crippen LogP contribution >= 0.6 is 8.60 Å². The highest BCUT2D eigenvalue weighted by Crippen LogP contribution is 2.47. The molecular formula is C28H31F4N2O6P. The standard InChI is InChI=1S/C28H31F4N2O6P/c1-26(2,3)39-41(40-27(4,5)6)37-17-34-14-13-20(16-24(34)35)33-25(36)22-15-18(28(30,31)32)7-12-23(22)38-21-10-8-19(29)9-11-21/h7-16H,17H2,1-6H3,(H,33,36). The lowest BCUT2D eigenvalue weighted by molar-refractivity contribution is -0.137. The first-order valence-corrected chi connectivity index (χ1v) is 13.5. The Labute approximate surface area is 236 Å². The van der Waals surface area contributed by atoms with E-state index in [0.717, 1.165) is 30.3 Å². The van der Waals surface area contributed by atoms with Crippen molar-refractivity contribution in [2.75, 3.05) is 5.32 Å². The Morgan fingerprint density at radius 3 is 2.05 bits per heavy atom. The lowest BCUT2D eigenvalue weighted by Crippen LogP contribution is -2.25. The van der Waals surface area contributed by atoms with E-state index in [1.54, 1.807) is 0 Å². The summed E-state index contributed by atoms with van der Waals surface area (Å²) in [5.41, 5.74) is -3.19. The molecule has 0 spiro atoms. The number of halogens is 4. The molecule has 1 N–H and O–H groups in total. The Balaban J connectivity index is 1.80. The van der Waals surface area contributed by atoms with Crippen LogP contribution in [0.3, 0.4) is 0 Å². The molecule has 0 aliphatic heterocycles. The quantitative estimate of drug-likeness (QED) is 0.199. The minimum atomic E-state index is -4.73. The summed E-state index contributed by atoms with van der Waals surface area (Å²) in [5, 5.41) is 2.42. The maximum absolute atomic E-state index is 13.4. The fourth-order valence-electron chi connectivity index (χ4n) is 3.12. The van der Waals surface area contributed by atoms with Gasteiger partial charge in [-0.25, -0.2) is 4.39 Å². The summed E-state index contributed by atoms with van der Waals surface area (Å²) in [6.45, 7) is 10.8. The van der Waals surface area contributed by atoms with Crippen molar-refractivity contribution in [3.63, 3.8) is 0 Å². The summed E-state index contributed by atoms with van der Waals surface area (Å²) in [4.78, 5) is 25.8. The maximum atomic E-state index is 13.4. The van der Waals surface area contributed by atoms with Crippen LogP contribution in [-0.2, 0) is 26.5 Å². The summed E-state index contributed by atoms with van der Waals surface area (Å²) in [7, 11) is -1.82. The van der Waals surface area contributed by atoms with Crippen LogP contribution in [0.25, 0.3) is 0 Å². The average Bonchev–Trinajstić information content (AvgIpc) is 2.82. The van der Waals surface area contributed by atoms with E-state index in [-0.39, 0.29) is 23.9 Å². The van der Waals surface area contributed by atoms with Crippen molar-refractivity contribution in [2.45, 2.75) is 65.7 Å². The predicted molar refractivity (Wildman–Crippen MR) is 146 cm³/mol. The Bertz CT molecular complexity index is 1400. The highest BCUT2D eigenvalue weighted by molar-refractivity contribution is 7.41. The van der Waals surface area contributed by atoms with Crippen LogP contribution < -0.4 is 15.6 Å². The summed E-state index contributed by atoms with van der Waals surface area (Å²) in [6, 6.07) is 9.60. The molecule has 1 heterocycles. The number of alkyl halides is 3. The van der Waals surface area contributed by atoms with Crippen LogP contribution in [-0.4, -0.2) is 21.7 Å². The Morgan fingerprint density at radius 1 is 0.902 bits per heavy atom. The molecule has 0 saturated heterocycles. The third kappa shape index (κ3) is 10.2. The summed E-state index contributed by atoms with van der Waals surface area (Å²) >= 11 is 0. The van der Waals surface area contributed by atoms with E-state index in [0.29, 0.717) is 6.07 Å². The monoisotopic (exact) mass is 598 g/mol. The van der Waals surface area contributed by atoms with Crippen LogP contribution in [0.5, 0.6) is 11.5 Å². The number of carbonyl (C=O) groups excluding carboxylic acids is 1. The second-order valence-electron chi connectivity index (χ2n) is 10.8. The number of amides is 1. The fraction of sp³-hybridized carbons (Fsp3) is 0.357. The molecule has 8 nitrogen and oxygen atoms in total. The topological polar surface area (TPSA) is 88.0 Å². The zero-order valence-electron chi connectivity index (χ0n) is 23.3. The minimum absolute atomic E-state index is 0.0283. The van der Waals surface area contributed by atoms with Crippen molar-refractivity contribution in [2.24, 2.45) is 0 Å². The number of hydrogen-bond donors (Lipinski definition) is 1. The normalized spacial score (nSPS) is 12.5. The molecule has 1 aromatic heterocycles. The Hall–Kier alpha value is -3.31. The summed E-state index contributed by atoms with van der Waals surface area (Å²) in [6.07, 6.45) is -3.38. The third-order valence-corrected chi connectivity index (χ3v) is 6.57. The van der Waals surface area contributed by atoms with E-state index in [2.05, 4.69) is 5.32 Å². The first-order valence-electron chi connectivity index (χ1n) is 12.4. The fourth-order valence-corrected chi connectivity index (χ4v) is 4.38. The SMILES string of the molecule is CC(C)(C)OP(OCn1ccc(NC(=O)c2cc(C(F)(F)F)ccc2Oc2ccc(F)cc2)cc1=O)OC(C)(C)C. The zero-order valence-corrected chi connectivity index (χ0v) is 24.2. The van der Waals surface area contributed by atoms with Crippen molar-refractivity contribution < 1.29 is 40.7 Å². The van der Waals surface area contributed by atoms with Gasteiger partial charge in [-0.3, -0.25) is 18.7 Å². The Kier molecular flexibility index (Phi) is 9.97. The van der Waals surface area contributed by atoms with Crippen molar-refractivity contribution in [1.29, 1.82) is 0 Å². The van der Waals surface area contributed by atoms with Gasteiger partial charge in [-0.05, 0) is 90.1 Å². The number of nitrogens with zero attached hydrogens (tertiary/aromatic N) is 1. The molecule has 0 fully saturated rings. The zero-order chi connectivity index (χ0) is 30.6. The van der Waals surface area contributed by atoms with E-state index in [4.69, 9.17) is 18.3 Å². The largest absolute Gasteiger partial charge is 0.457 e. The van der Waals surface area contributed by atoms with Crippen molar-refractivity contribution in [3.8, 4) is 11.5 Å². The molecule has 0 atom stereocenters. The number of carbonyl (C=O) groups is 1. The van der Waals surface area contributed by atoms with Crippen molar-refractivity contribution >= 4 is 20.2 Å². The van der Waals surface area contributed by atoms with Gasteiger partial charge in [-0.1, -0.05) is 0 Å². The molecule has 1 amide bonds. The average molecular weight is 599 g/mol. The van der Waals surface area contributed by atoms with Crippen LogP contribution in [0.4, 0.5) is 23.2 Å². The van der Waals surface area contributed by atoms with Gasteiger partial charge in [-0.15, -0.1) is 0 Å². The number of hydrogen-bond acceptors (Lipinski definition) is 6. The Morgan fingerprint density at radius 2 is 1.51 bits per heavy atom. The summed E-state index contributed by atoms with van der Waals surface area (Å²) < 4.78 is 77.5. The molecule has 222 valence electrons. The van der Waals surface area contributed by atoms with Gasteiger partial charge in [0.2, 0.25) is 0 Å². The molecule has 0 aliphatic rings. The van der Waals surface area contributed by atoms with Crippen LogP contribution in [0.1, 0.15) is 57.5 Å². The van der Waals surface area contributed by atoms with Gasteiger partial charge in [0.25, 0.3) is 11.5 Å². The van der Waals surface area contributed by atoms with Gasteiger partial charge in [0.1, 0.15) is 24.0 Å².